The number of hydrogen-bond donors (Lipinski definition) is 1. The molecule has 1 aromatic carbocycles. The Kier molecular flexibility index (Phi) is 4.98. The number of fused-ring (bicyclic) bond motifs is 1. The highest BCUT2D eigenvalue weighted by Gasteiger charge is 2.22. The molecule has 3 heterocycles. The van der Waals surface area contributed by atoms with Crippen molar-refractivity contribution in [2.45, 2.75) is 39.2 Å². The zero-order valence-electron chi connectivity index (χ0n) is 16.5. The van der Waals surface area contributed by atoms with E-state index in [9.17, 15) is 0 Å². The molecule has 4 nitrogen and oxygen atoms in total. The molecule has 3 aromatic rings. The summed E-state index contributed by atoms with van der Waals surface area (Å²) in [5.74, 6) is 1.78. The van der Waals surface area contributed by atoms with Crippen LogP contribution in [-0.2, 0) is 18.4 Å². The highest BCUT2D eigenvalue weighted by molar-refractivity contribution is 6.32. The van der Waals surface area contributed by atoms with Gasteiger partial charge in [0.2, 0.25) is 0 Å². The molecule has 4 rings (SSSR count). The zero-order chi connectivity index (χ0) is 19.7. The fraction of sp³-hybridized carbons (Fsp3) is 0.304. The van der Waals surface area contributed by atoms with Gasteiger partial charge in [-0.2, -0.15) is 0 Å². The molecular weight excluding hydrogens is 368 g/mol. The first-order valence-electron chi connectivity index (χ1n) is 9.61. The fourth-order valence-electron chi connectivity index (χ4n) is 3.58. The Bertz CT molecular complexity index is 977. The van der Waals surface area contributed by atoms with Crippen molar-refractivity contribution in [2.75, 3.05) is 16.8 Å². The van der Waals surface area contributed by atoms with Gasteiger partial charge in [0.05, 0.1) is 5.02 Å². The Balaban J connectivity index is 1.56. The number of nitrogens with one attached hydrogen (secondary N) is 1. The SMILES string of the molecule is CC(C)(C)c1ccc(Nc2nccc3c2CCN(c2ncccc2Cl)C3)cc1. The number of nitrogens with zero attached hydrogens (tertiary/aromatic N) is 3. The molecule has 0 amide bonds. The van der Waals surface area contributed by atoms with Crippen LogP contribution in [-0.4, -0.2) is 16.5 Å². The van der Waals surface area contributed by atoms with Gasteiger partial charge in [-0.15, -0.1) is 0 Å². The van der Waals surface area contributed by atoms with Crippen molar-refractivity contribution in [1.29, 1.82) is 0 Å². The predicted octanol–water partition coefficient (Wildman–Crippen LogP) is 5.73. The number of hydrogen-bond acceptors (Lipinski definition) is 4. The van der Waals surface area contributed by atoms with Crippen molar-refractivity contribution < 1.29 is 0 Å². The van der Waals surface area contributed by atoms with Gasteiger partial charge in [-0.25, -0.2) is 9.97 Å². The number of anilines is 3. The maximum atomic E-state index is 6.34. The number of aromatic nitrogens is 2. The molecule has 0 fully saturated rings. The molecule has 0 unspecified atom stereocenters. The molecule has 144 valence electrons. The van der Waals surface area contributed by atoms with Crippen LogP contribution in [0.5, 0.6) is 0 Å². The molecule has 0 atom stereocenters. The number of pyridine rings is 2. The van der Waals surface area contributed by atoms with Crippen LogP contribution >= 0.6 is 11.6 Å². The first-order valence-corrected chi connectivity index (χ1v) is 9.99. The quantitative estimate of drug-likeness (QED) is 0.617. The summed E-state index contributed by atoms with van der Waals surface area (Å²) in [6.07, 6.45) is 4.56. The van der Waals surface area contributed by atoms with E-state index in [0.717, 1.165) is 36.8 Å². The second-order valence-corrected chi connectivity index (χ2v) is 8.64. The third-order valence-electron chi connectivity index (χ3n) is 5.20. The molecular formula is C23H25ClN4. The molecule has 0 bridgehead atoms. The van der Waals surface area contributed by atoms with Crippen LogP contribution in [0, 0.1) is 0 Å². The van der Waals surface area contributed by atoms with Gasteiger partial charge in [0.15, 0.2) is 0 Å². The third-order valence-corrected chi connectivity index (χ3v) is 5.49. The predicted molar refractivity (Wildman–Crippen MR) is 117 cm³/mol. The van der Waals surface area contributed by atoms with E-state index in [1.165, 1.54) is 16.7 Å². The van der Waals surface area contributed by atoms with Crippen LogP contribution in [0.4, 0.5) is 17.3 Å². The van der Waals surface area contributed by atoms with Gasteiger partial charge in [0, 0.05) is 36.7 Å². The van der Waals surface area contributed by atoms with E-state index in [2.05, 4.69) is 71.3 Å². The lowest BCUT2D eigenvalue weighted by atomic mass is 9.87. The van der Waals surface area contributed by atoms with E-state index in [1.807, 2.05) is 18.3 Å². The summed E-state index contributed by atoms with van der Waals surface area (Å²) < 4.78 is 0. The molecule has 0 saturated carbocycles. The molecule has 0 spiro atoms. The van der Waals surface area contributed by atoms with Gasteiger partial charge in [0.25, 0.3) is 0 Å². The molecule has 28 heavy (non-hydrogen) atoms. The lowest BCUT2D eigenvalue weighted by molar-refractivity contribution is 0.590. The minimum Gasteiger partial charge on any atom is -0.351 e. The average Bonchev–Trinajstić information content (AvgIpc) is 2.68. The maximum absolute atomic E-state index is 6.34. The lowest BCUT2D eigenvalue weighted by Gasteiger charge is -2.31. The monoisotopic (exact) mass is 392 g/mol. The smallest absolute Gasteiger partial charge is 0.147 e. The minimum absolute atomic E-state index is 0.152. The largest absolute Gasteiger partial charge is 0.351 e. The fourth-order valence-corrected chi connectivity index (χ4v) is 3.82. The van der Waals surface area contributed by atoms with Gasteiger partial charge in [0.1, 0.15) is 11.6 Å². The van der Waals surface area contributed by atoms with Crippen molar-refractivity contribution in [1.82, 2.24) is 9.97 Å². The minimum atomic E-state index is 0.152. The zero-order valence-corrected chi connectivity index (χ0v) is 17.3. The van der Waals surface area contributed by atoms with Gasteiger partial charge >= 0.3 is 0 Å². The Morgan fingerprint density at radius 1 is 1.00 bits per heavy atom. The first-order chi connectivity index (χ1) is 13.4. The summed E-state index contributed by atoms with van der Waals surface area (Å²) in [4.78, 5) is 11.3. The molecule has 0 aliphatic carbocycles. The Hall–Kier alpha value is -2.59. The molecule has 1 N–H and O–H groups in total. The van der Waals surface area contributed by atoms with E-state index in [0.29, 0.717) is 5.02 Å². The van der Waals surface area contributed by atoms with Gasteiger partial charge in [-0.1, -0.05) is 44.5 Å². The van der Waals surface area contributed by atoms with E-state index >= 15 is 0 Å². The number of halogens is 1. The third kappa shape index (κ3) is 3.83. The summed E-state index contributed by atoms with van der Waals surface area (Å²) >= 11 is 6.34. The van der Waals surface area contributed by atoms with E-state index < -0.39 is 0 Å². The molecule has 2 aromatic heterocycles. The van der Waals surface area contributed by atoms with Crippen LogP contribution in [0.1, 0.15) is 37.5 Å². The highest BCUT2D eigenvalue weighted by atomic mass is 35.5. The maximum Gasteiger partial charge on any atom is 0.147 e. The van der Waals surface area contributed by atoms with E-state index in [1.54, 1.807) is 6.20 Å². The number of rotatable bonds is 3. The van der Waals surface area contributed by atoms with Crippen LogP contribution in [0.3, 0.4) is 0 Å². The highest BCUT2D eigenvalue weighted by Crippen LogP contribution is 2.32. The van der Waals surface area contributed by atoms with E-state index in [-0.39, 0.29) is 5.41 Å². The van der Waals surface area contributed by atoms with Crippen molar-refractivity contribution in [3.8, 4) is 0 Å². The Morgan fingerprint density at radius 2 is 1.79 bits per heavy atom. The summed E-state index contributed by atoms with van der Waals surface area (Å²) in [7, 11) is 0. The van der Waals surface area contributed by atoms with E-state index in [4.69, 9.17) is 11.6 Å². The molecule has 5 heteroatoms. The number of benzene rings is 1. The molecule has 1 aliphatic heterocycles. The van der Waals surface area contributed by atoms with Crippen molar-refractivity contribution in [2.24, 2.45) is 0 Å². The second-order valence-electron chi connectivity index (χ2n) is 8.23. The van der Waals surface area contributed by atoms with Crippen molar-refractivity contribution >= 4 is 28.9 Å². The average molecular weight is 393 g/mol. The lowest BCUT2D eigenvalue weighted by Crippen LogP contribution is -2.31. The standard InChI is InChI=1S/C23H25ClN4/c1-23(2,3)17-6-8-18(9-7-17)27-21-19-11-14-28(15-16(19)10-13-25-21)22-20(24)5-4-12-26-22/h4-10,12-13H,11,14-15H2,1-3H3,(H,25,27). The normalized spacial score (nSPS) is 13.9. The van der Waals surface area contributed by atoms with Crippen LogP contribution < -0.4 is 10.2 Å². The van der Waals surface area contributed by atoms with Gasteiger partial charge in [-0.05, 0) is 53.3 Å². The van der Waals surface area contributed by atoms with Crippen LogP contribution in [0.15, 0.2) is 54.9 Å². The van der Waals surface area contributed by atoms with Gasteiger partial charge < -0.3 is 10.2 Å². The van der Waals surface area contributed by atoms with Crippen LogP contribution in [0.25, 0.3) is 0 Å². The van der Waals surface area contributed by atoms with Crippen LogP contribution in [0.2, 0.25) is 5.02 Å². The molecule has 0 saturated heterocycles. The topological polar surface area (TPSA) is 41.1 Å². The first kappa shape index (κ1) is 18.8. The Labute approximate surface area is 171 Å². The van der Waals surface area contributed by atoms with Gasteiger partial charge in [-0.3, -0.25) is 0 Å². The summed E-state index contributed by atoms with van der Waals surface area (Å²) in [6.45, 7) is 8.33. The Morgan fingerprint density at radius 3 is 2.50 bits per heavy atom. The second kappa shape index (κ2) is 7.44. The molecule has 0 radical (unpaired) electrons. The van der Waals surface area contributed by atoms with Crippen molar-refractivity contribution in [3.05, 3.63) is 76.6 Å². The summed E-state index contributed by atoms with van der Waals surface area (Å²) in [5, 5.41) is 4.20. The van der Waals surface area contributed by atoms with Crippen molar-refractivity contribution in [3.63, 3.8) is 0 Å². The molecule has 1 aliphatic rings. The summed E-state index contributed by atoms with van der Waals surface area (Å²) in [6, 6.07) is 14.5. The summed E-state index contributed by atoms with van der Waals surface area (Å²) in [5.41, 5.74) is 5.06.